The molecule has 0 aromatic heterocycles. The molecule has 0 fully saturated rings. The van der Waals surface area contributed by atoms with Gasteiger partial charge in [-0.1, -0.05) is 54.6 Å². The minimum Gasteiger partial charge on any atom is -0.507 e. The van der Waals surface area contributed by atoms with E-state index in [0.29, 0.717) is 11.1 Å². The van der Waals surface area contributed by atoms with Gasteiger partial charge in [0.25, 0.3) is 0 Å². The van der Waals surface area contributed by atoms with Crippen LogP contribution in [0.25, 0.3) is 11.1 Å². The normalized spacial score (nSPS) is 12.7. The van der Waals surface area contributed by atoms with Crippen molar-refractivity contribution in [1.82, 2.24) is 0 Å². The Balaban J connectivity index is 2.04. The van der Waals surface area contributed by atoms with Crippen LogP contribution in [-0.4, -0.2) is 21.8 Å². The second-order valence-electron chi connectivity index (χ2n) is 5.61. The first-order valence-electron chi connectivity index (χ1n) is 7.42. The van der Waals surface area contributed by atoms with Gasteiger partial charge in [-0.3, -0.25) is 9.59 Å². The van der Waals surface area contributed by atoms with Crippen molar-refractivity contribution >= 4 is 11.6 Å². The smallest absolute Gasteiger partial charge is 0.198 e. The van der Waals surface area contributed by atoms with E-state index in [-0.39, 0.29) is 33.8 Å². The second-order valence-corrected chi connectivity index (χ2v) is 5.61. The van der Waals surface area contributed by atoms with Crippen LogP contribution in [0.2, 0.25) is 0 Å². The maximum absolute atomic E-state index is 12.8. The van der Waals surface area contributed by atoms with Gasteiger partial charge in [-0.15, -0.1) is 0 Å². The quantitative estimate of drug-likeness (QED) is 0.527. The van der Waals surface area contributed by atoms with E-state index in [9.17, 15) is 19.8 Å². The average Bonchev–Trinajstić information content (AvgIpc) is 2.62. The third-order valence-electron chi connectivity index (χ3n) is 4.23. The van der Waals surface area contributed by atoms with Crippen molar-refractivity contribution in [2.24, 2.45) is 0 Å². The largest absolute Gasteiger partial charge is 0.507 e. The summed E-state index contributed by atoms with van der Waals surface area (Å²) in [7, 11) is 0. The molecule has 1 aliphatic carbocycles. The molecule has 0 saturated heterocycles. The van der Waals surface area contributed by atoms with Crippen LogP contribution in [0.1, 0.15) is 31.8 Å². The lowest BCUT2D eigenvalue weighted by molar-refractivity contribution is 0.0974. The van der Waals surface area contributed by atoms with Gasteiger partial charge in [0.05, 0.1) is 11.1 Å². The third-order valence-corrected chi connectivity index (χ3v) is 4.23. The molecule has 4 rings (SSSR count). The summed E-state index contributed by atoms with van der Waals surface area (Å²) >= 11 is 0. The highest BCUT2D eigenvalue weighted by atomic mass is 16.3. The molecule has 0 unspecified atom stereocenters. The van der Waals surface area contributed by atoms with Crippen molar-refractivity contribution in [3.63, 3.8) is 0 Å². The molecule has 0 spiro atoms. The summed E-state index contributed by atoms with van der Waals surface area (Å²) in [4.78, 5) is 25.4. The highest BCUT2D eigenvalue weighted by Crippen LogP contribution is 2.43. The Kier molecular flexibility index (Phi) is 3.00. The van der Waals surface area contributed by atoms with Gasteiger partial charge in [0.1, 0.15) is 11.5 Å². The van der Waals surface area contributed by atoms with E-state index in [2.05, 4.69) is 0 Å². The van der Waals surface area contributed by atoms with Crippen molar-refractivity contribution in [2.75, 3.05) is 0 Å². The number of fused-ring (bicyclic) bond motifs is 2. The van der Waals surface area contributed by atoms with Gasteiger partial charge < -0.3 is 10.2 Å². The van der Waals surface area contributed by atoms with E-state index in [1.165, 1.54) is 6.07 Å². The SMILES string of the molecule is O=C1c2ccccc2C(=O)c2c(O)c(-c3ccccc3)cc(O)c21. The van der Waals surface area contributed by atoms with Crippen LogP contribution < -0.4 is 0 Å². The van der Waals surface area contributed by atoms with E-state index >= 15 is 0 Å². The van der Waals surface area contributed by atoms with Gasteiger partial charge in [-0.2, -0.15) is 0 Å². The first-order valence-corrected chi connectivity index (χ1v) is 7.42. The van der Waals surface area contributed by atoms with E-state index in [4.69, 9.17) is 0 Å². The van der Waals surface area contributed by atoms with Crippen LogP contribution in [0, 0.1) is 0 Å². The number of carbonyl (C=O) groups excluding carboxylic acids is 2. The van der Waals surface area contributed by atoms with Gasteiger partial charge >= 0.3 is 0 Å². The highest BCUT2D eigenvalue weighted by Gasteiger charge is 2.35. The van der Waals surface area contributed by atoms with Crippen LogP contribution in [0.3, 0.4) is 0 Å². The Morgan fingerprint density at radius 3 is 1.79 bits per heavy atom. The summed E-state index contributed by atoms with van der Waals surface area (Å²) in [5.74, 6) is -1.53. The number of hydrogen-bond acceptors (Lipinski definition) is 4. The van der Waals surface area contributed by atoms with E-state index in [0.717, 1.165) is 0 Å². The average molecular weight is 316 g/mol. The molecule has 3 aromatic rings. The van der Waals surface area contributed by atoms with Crippen molar-refractivity contribution in [1.29, 1.82) is 0 Å². The highest BCUT2D eigenvalue weighted by molar-refractivity contribution is 6.30. The Morgan fingerprint density at radius 2 is 1.17 bits per heavy atom. The molecule has 0 bridgehead atoms. The van der Waals surface area contributed by atoms with Gasteiger partial charge in [0, 0.05) is 16.7 Å². The predicted molar refractivity (Wildman–Crippen MR) is 88.5 cm³/mol. The summed E-state index contributed by atoms with van der Waals surface area (Å²) in [6.45, 7) is 0. The number of rotatable bonds is 1. The first-order chi connectivity index (χ1) is 11.6. The number of phenolic OH excluding ortho intramolecular Hbond substituents is 2. The Labute approximate surface area is 137 Å². The number of ketones is 2. The number of hydrogen-bond donors (Lipinski definition) is 2. The van der Waals surface area contributed by atoms with Crippen LogP contribution in [0.5, 0.6) is 11.5 Å². The Hall–Kier alpha value is -3.40. The molecule has 3 aromatic carbocycles. The molecule has 0 amide bonds. The van der Waals surface area contributed by atoms with Crippen molar-refractivity contribution in [2.45, 2.75) is 0 Å². The molecule has 4 heteroatoms. The molecule has 1 aliphatic rings. The van der Waals surface area contributed by atoms with Crippen molar-refractivity contribution in [3.8, 4) is 22.6 Å². The molecular weight excluding hydrogens is 304 g/mol. The van der Waals surface area contributed by atoms with Gasteiger partial charge in [-0.05, 0) is 11.6 Å². The maximum atomic E-state index is 12.8. The predicted octanol–water partition coefficient (Wildman–Crippen LogP) is 3.54. The van der Waals surface area contributed by atoms with Crippen LogP contribution >= 0.6 is 0 Å². The van der Waals surface area contributed by atoms with Gasteiger partial charge in [-0.25, -0.2) is 0 Å². The van der Waals surface area contributed by atoms with Gasteiger partial charge in [0.2, 0.25) is 0 Å². The third kappa shape index (κ3) is 1.86. The molecule has 2 N–H and O–H groups in total. The standard InChI is InChI=1S/C20H12O4/c21-15-10-14(11-6-2-1-3-7-11)20(24)17-16(15)18(22)12-8-4-5-9-13(12)19(17)23/h1-10,21,24H. The molecular formula is C20H12O4. The van der Waals surface area contributed by atoms with Crippen LogP contribution in [-0.2, 0) is 0 Å². The number of benzene rings is 3. The lowest BCUT2D eigenvalue weighted by Crippen LogP contribution is -2.21. The topological polar surface area (TPSA) is 74.6 Å². The number of aromatic hydroxyl groups is 2. The zero-order valence-corrected chi connectivity index (χ0v) is 12.5. The van der Waals surface area contributed by atoms with E-state index < -0.39 is 11.6 Å². The molecule has 0 aliphatic heterocycles. The molecule has 24 heavy (non-hydrogen) atoms. The van der Waals surface area contributed by atoms with Crippen molar-refractivity contribution < 1.29 is 19.8 Å². The monoisotopic (exact) mass is 316 g/mol. The fourth-order valence-electron chi connectivity index (χ4n) is 3.10. The fourth-order valence-corrected chi connectivity index (χ4v) is 3.10. The van der Waals surface area contributed by atoms with Gasteiger partial charge in [0.15, 0.2) is 11.6 Å². The molecule has 116 valence electrons. The zero-order valence-electron chi connectivity index (χ0n) is 12.5. The number of phenols is 2. The zero-order chi connectivity index (χ0) is 16.8. The minimum absolute atomic E-state index is 0.141. The molecule has 0 atom stereocenters. The maximum Gasteiger partial charge on any atom is 0.198 e. The summed E-state index contributed by atoms with van der Waals surface area (Å²) in [6.07, 6.45) is 0. The first kappa shape index (κ1) is 14.2. The number of carbonyl (C=O) groups is 2. The van der Waals surface area contributed by atoms with E-state index in [1.807, 2.05) is 6.07 Å². The summed E-state index contributed by atoms with van der Waals surface area (Å²) in [5.41, 5.74) is 1.14. The lowest BCUT2D eigenvalue weighted by atomic mass is 9.81. The Morgan fingerprint density at radius 1 is 0.625 bits per heavy atom. The second kappa shape index (κ2) is 5.06. The lowest BCUT2D eigenvalue weighted by Gasteiger charge is -2.21. The van der Waals surface area contributed by atoms with Crippen LogP contribution in [0.15, 0.2) is 60.7 Å². The molecule has 0 radical (unpaired) electrons. The summed E-state index contributed by atoms with van der Waals surface area (Å²) < 4.78 is 0. The summed E-state index contributed by atoms with van der Waals surface area (Å²) in [5, 5.41) is 21.0. The van der Waals surface area contributed by atoms with E-state index in [1.54, 1.807) is 48.5 Å². The minimum atomic E-state index is -0.467. The van der Waals surface area contributed by atoms with Crippen molar-refractivity contribution in [3.05, 3.63) is 82.9 Å². The van der Waals surface area contributed by atoms with Crippen LogP contribution in [0.4, 0.5) is 0 Å². The molecule has 0 saturated carbocycles. The fraction of sp³-hybridized carbons (Fsp3) is 0. The molecule has 0 heterocycles. The Bertz CT molecular complexity index is 1000. The molecule has 4 nitrogen and oxygen atoms in total. The summed E-state index contributed by atoms with van der Waals surface area (Å²) in [6, 6.07) is 16.6.